The molecule has 4 N–H and O–H groups in total. The summed E-state index contributed by atoms with van der Waals surface area (Å²) in [5, 5.41) is 33.0. The summed E-state index contributed by atoms with van der Waals surface area (Å²) in [6, 6.07) is 22.8. The Balaban J connectivity index is 1.59. The fourth-order valence-electron chi connectivity index (χ4n) is 3.89. The first-order valence-electron chi connectivity index (χ1n) is 11.4. The number of carboxylic acids is 1. The number of aliphatic hydroxyl groups excluding tert-OH is 2. The van der Waals surface area contributed by atoms with Crippen LogP contribution in [0, 0.1) is 0 Å². The van der Waals surface area contributed by atoms with Gasteiger partial charge in [0.05, 0.1) is 19.1 Å². The second kappa shape index (κ2) is 11.8. The topological polar surface area (TPSA) is 99.0 Å². The van der Waals surface area contributed by atoms with E-state index in [-0.39, 0.29) is 18.6 Å². The Morgan fingerprint density at radius 2 is 1.68 bits per heavy atom. The number of hydrogen-bond acceptors (Lipinski definition) is 5. The minimum absolute atomic E-state index is 0.00133. The molecular formula is C28H33NO5. The van der Waals surface area contributed by atoms with Crippen molar-refractivity contribution in [1.29, 1.82) is 0 Å². The van der Waals surface area contributed by atoms with Crippen LogP contribution < -0.4 is 10.1 Å². The number of ether oxygens (including phenoxy) is 1. The maximum atomic E-state index is 11.0. The highest BCUT2D eigenvalue weighted by atomic mass is 16.5. The van der Waals surface area contributed by atoms with Gasteiger partial charge in [-0.2, -0.15) is 0 Å². The van der Waals surface area contributed by atoms with Crippen LogP contribution >= 0.6 is 0 Å². The number of rotatable bonds is 12. The van der Waals surface area contributed by atoms with E-state index >= 15 is 0 Å². The van der Waals surface area contributed by atoms with Crippen molar-refractivity contribution < 1.29 is 24.9 Å². The van der Waals surface area contributed by atoms with Crippen LogP contribution in [0.2, 0.25) is 0 Å². The molecule has 0 aliphatic rings. The molecule has 0 amide bonds. The summed E-state index contributed by atoms with van der Waals surface area (Å²) in [7, 11) is 0. The Labute approximate surface area is 200 Å². The number of nitrogens with one attached hydrogen (secondary N) is 1. The normalized spacial score (nSPS) is 12.4. The summed E-state index contributed by atoms with van der Waals surface area (Å²) in [5.41, 5.74) is 3.85. The van der Waals surface area contributed by atoms with Gasteiger partial charge in [0.1, 0.15) is 12.4 Å². The number of aliphatic hydroxyl groups is 2. The molecule has 6 nitrogen and oxygen atoms in total. The van der Waals surface area contributed by atoms with E-state index in [0.717, 1.165) is 16.7 Å². The highest BCUT2D eigenvalue weighted by molar-refractivity contribution is 5.70. The lowest BCUT2D eigenvalue weighted by atomic mass is 9.93. The molecule has 1 atom stereocenters. The molecule has 0 saturated carbocycles. The molecular weight excluding hydrogens is 430 g/mol. The Morgan fingerprint density at radius 1 is 0.971 bits per heavy atom. The van der Waals surface area contributed by atoms with E-state index in [1.807, 2.05) is 74.5 Å². The van der Waals surface area contributed by atoms with Crippen LogP contribution in [0.25, 0.3) is 0 Å². The molecule has 34 heavy (non-hydrogen) atoms. The van der Waals surface area contributed by atoms with Crippen molar-refractivity contribution in [2.45, 2.75) is 51.5 Å². The first kappa shape index (κ1) is 25.4. The van der Waals surface area contributed by atoms with Crippen molar-refractivity contribution >= 4 is 5.97 Å². The van der Waals surface area contributed by atoms with Gasteiger partial charge in [0.15, 0.2) is 0 Å². The Morgan fingerprint density at radius 3 is 2.38 bits per heavy atom. The zero-order valence-electron chi connectivity index (χ0n) is 19.7. The molecule has 180 valence electrons. The first-order valence-corrected chi connectivity index (χ1v) is 11.4. The summed E-state index contributed by atoms with van der Waals surface area (Å²) < 4.78 is 5.87. The maximum absolute atomic E-state index is 11.0. The van der Waals surface area contributed by atoms with Gasteiger partial charge in [0.25, 0.3) is 0 Å². The van der Waals surface area contributed by atoms with Crippen LogP contribution in [0.3, 0.4) is 0 Å². The van der Waals surface area contributed by atoms with E-state index < -0.39 is 12.1 Å². The molecule has 6 heteroatoms. The average Bonchev–Trinajstić information content (AvgIpc) is 2.81. The summed E-state index contributed by atoms with van der Waals surface area (Å²) >= 11 is 0. The summed E-state index contributed by atoms with van der Waals surface area (Å²) in [6.07, 6.45) is -0.0777. The molecule has 3 rings (SSSR count). The molecule has 0 aliphatic heterocycles. The molecule has 0 unspecified atom stereocenters. The van der Waals surface area contributed by atoms with Crippen molar-refractivity contribution in [3.05, 3.63) is 101 Å². The quantitative estimate of drug-likeness (QED) is 0.324. The monoisotopic (exact) mass is 463 g/mol. The molecule has 0 aromatic heterocycles. The van der Waals surface area contributed by atoms with Gasteiger partial charge in [-0.1, -0.05) is 60.7 Å². The van der Waals surface area contributed by atoms with Crippen molar-refractivity contribution in [2.75, 3.05) is 6.54 Å². The predicted molar refractivity (Wildman–Crippen MR) is 132 cm³/mol. The Hall–Kier alpha value is -3.19. The summed E-state index contributed by atoms with van der Waals surface area (Å²) in [5.74, 6) is -0.256. The third-order valence-electron chi connectivity index (χ3n) is 5.64. The predicted octanol–water partition coefficient (Wildman–Crippen LogP) is 4.03. The van der Waals surface area contributed by atoms with Gasteiger partial charge in [-0.3, -0.25) is 4.79 Å². The standard InChI is InChI=1S/C28H33NO5/c1-28(2,16-22-10-6-9-21(13-22)14-27(32)33)29-17-25(31)23-11-12-26(24(15-23)18-30)34-19-20-7-4-3-5-8-20/h3-13,15,25,29-31H,14,16-19H2,1-2H3,(H,32,33)/t25-/m0/s1. The SMILES string of the molecule is CC(C)(Cc1cccc(CC(=O)O)c1)NC[C@H](O)c1ccc(OCc2ccccc2)c(CO)c1. The fraction of sp³-hybridized carbons (Fsp3) is 0.321. The van der Waals surface area contributed by atoms with E-state index in [1.54, 1.807) is 12.1 Å². The van der Waals surface area contributed by atoms with E-state index in [9.17, 15) is 15.0 Å². The molecule has 0 saturated heterocycles. The minimum atomic E-state index is -0.851. The minimum Gasteiger partial charge on any atom is -0.489 e. The molecule has 0 fully saturated rings. The van der Waals surface area contributed by atoms with Gasteiger partial charge in [0, 0.05) is 17.6 Å². The number of carboxylic acid groups (broad SMARTS) is 1. The van der Waals surface area contributed by atoms with Crippen LogP contribution in [-0.2, 0) is 30.8 Å². The molecule has 3 aromatic carbocycles. The lowest BCUT2D eigenvalue weighted by Gasteiger charge is -2.28. The van der Waals surface area contributed by atoms with Crippen molar-refractivity contribution in [2.24, 2.45) is 0 Å². The highest BCUT2D eigenvalue weighted by Crippen LogP contribution is 2.25. The third kappa shape index (κ3) is 7.70. The fourth-order valence-corrected chi connectivity index (χ4v) is 3.89. The van der Waals surface area contributed by atoms with Gasteiger partial charge in [-0.15, -0.1) is 0 Å². The molecule has 0 radical (unpaired) electrons. The number of hydrogen-bond donors (Lipinski definition) is 4. The molecule has 0 bridgehead atoms. The summed E-state index contributed by atoms with van der Waals surface area (Å²) in [6.45, 7) is 4.64. The van der Waals surface area contributed by atoms with E-state index in [4.69, 9.17) is 9.84 Å². The first-order chi connectivity index (χ1) is 16.3. The maximum Gasteiger partial charge on any atom is 0.307 e. The summed E-state index contributed by atoms with van der Waals surface area (Å²) in [4.78, 5) is 11.0. The number of benzene rings is 3. The molecule has 3 aromatic rings. The Bertz CT molecular complexity index is 1080. The highest BCUT2D eigenvalue weighted by Gasteiger charge is 2.21. The lowest BCUT2D eigenvalue weighted by molar-refractivity contribution is -0.136. The second-order valence-corrected chi connectivity index (χ2v) is 9.15. The van der Waals surface area contributed by atoms with Crippen LogP contribution in [-0.4, -0.2) is 33.4 Å². The van der Waals surface area contributed by atoms with Gasteiger partial charge in [0.2, 0.25) is 0 Å². The van der Waals surface area contributed by atoms with E-state index in [2.05, 4.69) is 5.32 Å². The Kier molecular flexibility index (Phi) is 8.82. The number of aliphatic carboxylic acids is 1. The number of β-amino-alcohol motifs (C(OH)–C–C–N with tert-alkyl or cyclic N) is 1. The van der Waals surface area contributed by atoms with E-state index in [0.29, 0.717) is 36.4 Å². The van der Waals surface area contributed by atoms with Crippen molar-refractivity contribution in [3.63, 3.8) is 0 Å². The largest absolute Gasteiger partial charge is 0.489 e. The molecule has 0 spiro atoms. The molecule has 0 aliphatic carbocycles. The van der Waals surface area contributed by atoms with Gasteiger partial charge in [-0.25, -0.2) is 0 Å². The van der Waals surface area contributed by atoms with Gasteiger partial charge < -0.3 is 25.4 Å². The van der Waals surface area contributed by atoms with Crippen molar-refractivity contribution in [1.82, 2.24) is 5.32 Å². The molecule has 0 heterocycles. The lowest BCUT2D eigenvalue weighted by Crippen LogP contribution is -2.43. The zero-order chi connectivity index (χ0) is 24.6. The van der Waals surface area contributed by atoms with Gasteiger partial charge >= 0.3 is 5.97 Å². The zero-order valence-corrected chi connectivity index (χ0v) is 19.7. The number of carbonyl (C=O) groups is 1. The van der Waals surface area contributed by atoms with E-state index in [1.165, 1.54) is 0 Å². The van der Waals surface area contributed by atoms with Gasteiger partial charge in [-0.05, 0) is 54.7 Å². The third-order valence-corrected chi connectivity index (χ3v) is 5.64. The van der Waals surface area contributed by atoms with Crippen molar-refractivity contribution in [3.8, 4) is 5.75 Å². The second-order valence-electron chi connectivity index (χ2n) is 9.15. The average molecular weight is 464 g/mol. The van der Waals surface area contributed by atoms with Crippen LogP contribution in [0.4, 0.5) is 0 Å². The van der Waals surface area contributed by atoms with Crippen LogP contribution in [0.15, 0.2) is 72.8 Å². The smallest absolute Gasteiger partial charge is 0.307 e. The van der Waals surface area contributed by atoms with Crippen LogP contribution in [0.1, 0.15) is 47.8 Å². The van der Waals surface area contributed by atoms with Crippen LogP contribution in [0.5, 0.6) is 5.75 Å².